The average molecular weight is 402 g/mol. The van der Waals surface area contributed by atoms with Gasteiger partial charge in [-0.3, -0.25) is 0 Å². The molecule has 3 rings (SSSR count). The second kappa shape index (κ2) is 6.54. The molecule has 0 fully saturated rings. The first kappa shape index (κ1) is 16.4. The SMILES string of the molecule is NC(=S)Nc1cccc(-c2cc(C(=O)O)c3cc(Br)ccc3n2)c1. The molecule has 0 amide bonds. The van der Waals surface area contributed by atoms with Crippen LogP contribution in [0.25, 0.3) is 22.2 Å². The Balaban J connectivity index is 2.18. The maximum absolute atomic E-state index is 11.6. The zero-order chi connectivity index (χ0) is 17.3. The zero-order valence-electron chi connectivity index (χ0n) is 12.3. The van der Waals surface area contributed by atoms with Gasteiger partial charge in [-0.05, 0) is 48.6 Å². The van der Waals surface area contributed by atoms with E-state index in [1.54, 1.807) is 18.2 Å². The Morgan fingerprint density at radius 3 is 2.71 bits per heavy atom. The van der Waals surface area contributed by atoms with Gasteiger partial charge in [0.2, 0.25) is 0 Å². The number of aromatic nitrogens is 1. The molecule has 0 saturated heterocycles. The summed E-state index contributed by atoms with van der Waals surface area (Å²) in [5.41, 5.74) is 8.35. The number of aromatic carboxylic acids is 1. The monoisotopic (exact) mass is 401 g/mol. The van der Waals surface area contributed by atoms with Crippen LogP contribution in [-0.2, 0) is 0 Å². The van der Waals surface area contributed by atoms with Crippen LogP contribution in [0.4, 0.5) is 5.69 Å². The molecule has 0 radical (unpaired) electrons. The fourth-order valence-corrected chi connectivity index (χ4v) is 2.90. The predicted molar refractivity (Wildman–Crippen MR) is 102 cm³/mol. The van der Waals surface area contributed by atoms with Crippen molar-refractivity contribution < 1.29 is 9.90 Å². The number of anilines is 1. The van der Waals surface area contributed by atoms with Gasteiger partial charge in [0.1, 0.15) is 0 Å². The molecule has 0 unspecified atom stereocenters. The molecule has 0 saturated carbocycles. The number of nitrogens with one attached hydrogen (secondary N) is 1. The Morgan fingerprint density at radius 1 is 1.21 bits per heavy atom. The van der Waals surface area contributed by atoms with Crippen LogP contribution in [-0.4, -0.2) is 21.2 Å². The normalized spacial score (nSPS) is 10.5. The number of hydrogen-bond donors (Lipinski definition) is 3. The van der Waals surface area contributed by atoms with Crippen LogP contribution in [0.3, 0.4) is 0 Å². The van der Waals surface area contributed by atoms with Gasteiger partial charge in [-0.1, -0.05) is 28.1 Å². The second-order valence-corrected chi connectivity index (χ2v) is 6.45. The molecule has 5 nitrogen and oxygen atoms in total. The molecule has 24 heavy (non-hydrogen) atoms. The molecule has 120 valence electrons. The quantitative estimate of drug-likeness (QED) is 0.574. The zero-order valence-corrected chi connectivity index (χ0v) is 14.7. The van der Waals surface area contributed by atoms with Gasteiger partial charge in [-0.25, -0.2) is 9.78 Å². The number of rotatable bonds is 3. The summed E-state index contributed by atoms with van der Waals surface area (Å²) in [6, 6.07) is 14.2. The first-order valence-electron chi connectivity index (χ1n) is 6.94. The van der Waals surface area contributed by atoms with Gasteiger partial charge in [-0.2, -0.15) is 0 Å². The summed E-state index contributed by atoms with van der Waals surface area (Å²) in [5.74, 6) is -1.00. The number of halogens is 1. The molecular weight excluding hydrogens is 390 g/mol. The fraction of sp³-hybridized carbons (Fsp3) is 0. The number of thiocarbonyl (C=S) groups is 1. The van der Waals surface area contributed by atoms with Gasteiger partial charge in [0.05, 0.1) is 16.8 Å². The molecular formula is C17H12BrN3O2S. The minimum Gasteiger partial charge on any atom is -0.478 e. The van der Waals surface area contributed by atoms with E-state index < -0.39 is 5.97 Å². The molecule has 0 aliphatic carbocycles. The lowest BCUT2D eigenvalue weighted by atomic mass is 10.0. The minimum absolute atomic E-state index is 0.162. The van der Waals surface area contributed by atoms with Crippen molar-refractivity contribution in [1.82, 2.24) is 4.98 Å². The molecule has 2 aromatic carbocycles. The number of nitrogens with zero attached hydrogens (tertiary/aromatic N) is 1. The van der Waals surface area contributed by atoms with Crippen LogP contribution in [0.15, 0.2) is 53.0 Å². The molecule has 7 heteroatoms. The molecule has 3 aromatic rings. The predicted octanol–water partition coefficient (Wildman–Crippen LogP) is 4.02. The van der Waals surface area contributed by atoms with E-state index >= 15 is 0 Å². The number of nitrogens with two attached hydrogens (primary N) is 1. The summed E-state index contributed by atoms with van der Waals surface area (Å²) in [5, 5.41) is 13.1. The van der Waals surface area contributed by atoms with E-state index in [9.17, 15) is 9.90 Å². The van der Waals surface area contributed by atoms with Gasteiger partial charge in [0.25, 0.3) is 0 Å². The number of fused-ring (bicyclic) bond motifs is 1. The molecule has 0 spiro atoms. The van der Waals surface area contributed by atoms with E-state index in [0.29, 0.717) is 16.6 Å². The first-order valence-corrected chi connectivity index (χ1v) is 8.14. The highest BCUT2D eigenvalue weighted by Gasteiger charge is 2.13. The van der Waals surface area contributed by atoms with Crippen molar-refractivity contribution in [3.8, 4) is 11.3 Å². The van der Waals surface area contributed by atoms with Gasteiger partial charge >= 0.3 is 5.97 Å². The lowest BCUT2D eigenvalue weighted by Crippen LogP contribution is -2.18. The van der Waals surface area contributed by atoms with Crippen LogP contribution >= 0.6 is 28.1 Å². The average Bonchev–Trinajstić information content (AvgIpc) is 2.53. The van der Waals surface area contributed by atoms with Crippen molar-refractivity contribution in [3.05, 3.63) is 58.6 Å². The highest BCUT2D eigenvalue weighted by molar-refractivity contribution is 9.10. The smallest absolute Gasteiger partial charge is 0.336 e. The van der Waals surface area contributed by atoms with Crippen LogP contribution in [0.1, 0.15) is 10.4 Å². The summed E-state index contributed by atoms with van der Waals surface area (Å²) >= 11 is 8.20. The summed E-state index contributed by atoms with van der Waals surface area (Å²) in [6.45, 7) is 0. The van der Waals surface area contributed by atoms with Gasteiger partial charge in [-0.15, -0.1) is 0 Å². The van der Waals surface area contributed by atoms with Gasteiger partial charge in [0.15, 0.2) is 5.11 Å². The Hall–Kier alpha value is -2.51. The highest BCUT2D eigenvalue weighted by Crippen LogP contribution is 2.28. The van der Waals surface area contributed by atoms with E-state index in [2.05, 4.69) is 26.2 Å². The van der Waals surface area contributed by atoms with E-state index in [-0.39, 0.29) is 10.7 Å². The van der Waals surface area contributed by atoms with Gasteiger partial charge in [0, 0.05) is 21.1 Å². The standard InChI is InChI=1S/C17H12BrN3O2S/c18-10-4-5-14-12(7-10)13(16(22)23)8-15(21-14)9-2-1-3-11(6-9)20-17(19)24/h1-8H,(H,22,23)(H3,19,20,24). The van der Waals surface area contributed by atoms with Gasteiger partial charge < -0.3 is 16.2 Å². The van der Waals surface area contributed by atoms with Crippen LogP contribution in [0.2, 0.25) is 0 Å². The Morgan fingerprint density at radius 2 is 2.00 bits per heavy atom. The number of benzene rings is 2. The Bertz CT molecular complexity index is 975. The molecule has 0 atom stereocenters. The topological polar surface area (TPSA) is 88.2 Å². The maximum Gasteiger partial charge on any atom is 0.336 e. The summed E-state index contributed by atoms with van der Waals surface area (Å²) in [7, 11) is 0. The first-order chi connectivity index (χ1) is 11.4. The third kappa shape index (κ3) is 3.37. The van der Waals surface area contributed by atoms with Crippen molar-refractivity contribution in [2.24, 2.45) is 5.73 Å². The second-order valence-electron chi connectivity index (χ2n) is 5.09. The van der Waals surface area contributed by atoms with E-state index in [4.69, 9.17) is 18.0 Å². The van der Waals surface area contributed by atoms with Crippen molar-refractivity contribution in [2.45, 2.75) is 0 Å². The molecule has 0 bridgehead atoms. The fourth-order valence-electron chi connectivity index (χ4n) is 2.42. The lowest BCUT2D eigenvalue weighted by molar-refractivity contribution is 0.0699. The highest BCUT2D eigenvalue weighted by atomic mass is 79.9. The van der Waals surface area contributed by atoms with Crippen molar-refractivity contribution in [2.75, 3.05) is 5.32 Å². The van der Waals surface area contributed by atoms with Crippen LogP contribution < -0.4 is 11.1 Å². The lowest BCUT2D eigenvalue weighted by Gasteiger charge is -2.09. The summed E-state index contributed by atoms with van der Waals surface area (Å²) in [4.78, 5) is 16.2. The van der Waals surface area contributed by atoms with Crippen molar-refractivity contribution >= 4 is 55.8 Å². The van der Waals surface area contributed by atoms with E-state index in [1.165, 1.54) is 0 Å². The molecule has 0 aliphatic rings. The van der Waals surface area contributed by atoms with Crippen molar-refractivity contribution in [3.63, 3.8) is 0 Å². The number of carbonyl (C=O) groups is 1. The largest absolute Gasteiger partial charge is 0.478 e. The maximum atomic E-state index is 11.6. The summed E-state index contributed by atoms with van der Waals surface area (Å²) in [6.07, 6.45) is 0. The number of pyridine rings is 1. The molecule has 0 aliphatic heterocycles. The van der Waals surface area contributed by atoms with Crippen LogP contribution in [0.5, 0.6) is 0 Å². The third-order valence-corrected chi connectivity index (χ3v) is 4.02. The number of carboxylic acids is 1. The van der Waals surface area contributed by atoms with Crippen LogP contribution in [0, 0.1) is 0 Å². The van der Waals surface area contributed by atoms with Crippen molar-refractivity contribution in [1.29, 1.82) is 0 Å². The number of hydrogen-bond acceptors (Lipinski definition) is 3. The molecule has 1 heterocycles. The molecule has 1 aromatic heterocycles. The molecule has 4 N–H and O–H groups in total. The summed E-state index contributed by atoms with van der Waals surface area (Å²) < 4.78 is 0.801. The Kier molecular flexibility index (Phi) is 4.46. The van der Waals surface area contributed by atoms with E-state index in [1.807, 2.05) is 30.3 Å². The number of carboxylic acid groups (broad SMARTS) is 1. The minimum atomic E-state index is -1.00. The van der Waals surface area contributed by atoms with E-state index in [0.717, 1.165) is 15.7 Å². The third-order valence-electron chi connectivity index (χ3n) is 3.43. The Labute approximate surface area is 151 Å².